The van der Waals surface area contributed by atoms with Gasteiger partial charge < -0.3 is 14.2 Å². The lowest BCUT2D eigenvalue weighted by Gasteiger charge is -2.12. The molecule has 46 heavy (non-hydrogen) atoms. The molecule has 1 heterocycles. The lowest BCUT2D eigenvalue weighted by Crippen LogP contribution is -2.10. The van der Waals surface area contributed by atoms with Crippen molar-refractivity contribution < 1.29 is 23.8 Å². The van der Waals surface area contributed by atoms with Gasteiger partial charge in [0.15, 0.2) is 0 Å². The number of carbonyl (C=O) groups is 2. The van der Waals surface area contributed by atoms with E-state index in [1.165, 1.54) is 5.56 Å². The summed E-state index contributed by atoms with van der Waals surface area (Å²) in [6.07, 6.45) is 5.66. The number of thiazole rings is 1. The highest BCUT2D eigenvalue weighted by molar-refractivity contribution is 7.22. The van der Waals surface area contributed by atoms with E-state index in [1.807, 2.05) is 61.6 Å². The molecule has 0 saturated heterocycles. The van der Waals surface area contributed by atoms with Gasteiger partial charge in [-0.2, -0.15) is 5.10 Å². The Bertz CT molecular complexity index is 1800. The summed E-state index contributed by atoms with van der Waals surface area (Å²) >= 11 is 1.57. The zero-order chi connectivity index (χ0) is 32.3. The van der Waals surface area contributed by atoms with Gasteiger partial charge in [0.25, 0.3) is 0 Å². The molecule has 0 aliphatic heterocycles. The van der Waals surface area contributed by atoms with Crippen LogP contribution in [0.3, 0.4) is 0 Å². The Hall–Kier alpha value is -5.28. The van der Waals surface area contributed by atoms with Gasteiger partial charge in [-0.05, 0) is 71.5 Å². The van der Waals surface area contributed by atoms with Crippen LogP contribution in [0.15, 0.2) is 109 Å². The third-order valence-corrected chi connectivity index (χ3v) is 8.23. The number of hydrogen-bond donors (Lipinski definition) is 0. The van der Waals surface area contributed by atoms with Gasteiger partial charge in [0.05, 0.1) is 16.4 Å². The van der Waals surface area contributed by atoms with Crippen LogP contribution in [-0.2, 0) is 27.2 Å². The number of aryl methyl sites for hydroxylation is 2. The molecule has 5 rings (SSSR count). The number of nitrogens with zero attached hydrogens (tertiary/aromatic N) is 3. The third-order valence-electron chi connectivity index (χ3n) is 7.12. The number of rotatable bonds is 14. The minimum absolute atomic E-state index is 0.196. The molecule has 0 amide bonds. The maximum absolute atomic E-state index is 12.8. The van der Waals surface area contributed by atoms with Crippen LogP contribution in [-0.4, -0.2) is 37.0 Å². The molecular weight excluding hydrogens is 598 g/mol. The maximum atomic E-state index is 12.8. The number of aromatic nitrogens is 1. The molecule has 234 valence electrons. The smallest absolute Gasteiger partial charge is 0.333 e. The number of carbonyl (C=O) groups excluding carboxylic acids is 2. The lowest BCUT2D eigenvalue weighted by molar-refractivity contribution is -0.144. The van der Waals surface area contributed by atoms with E-state index in [2.05, 4.69) is 37.8 Å². The van der Waals surface area contributed by atoms with Crippen molar-refractivity contribution in [3.63, 3.8) is 0 Å². The number of para-hydroxylation sites is 1. The van der Waals surface area contributed by atoms with E-state index in [9.17, 15) is 9.59 Å². The Morgan fingerprint density at radius 1 is 0.935 bits per heavy atom. The molecule has 0 radical (unpaired) electrons. The second kappa shape index (κ2) is 15.6. The molecule has 0 N–H and O–H groups in total. The summed E-state index contributed by atoms with van der Waals surface area (Å²) < 4.78 is 17.1. The van der Waals surface area contributed by atoms with Crippen LogP contribution in [0.1, 0.15) is 36.5 Å². The highest BCUT2D eigenvalue weighted by Crippen LogP contribution is 2.30. The number of esters is 2. The Kier molecular flexibility index (Phi) is 10.9. The van der Waals surface area contributed by atoms with Crippen molar-refractivity contribution in [3.8, 4) is 22.6 Å². The quantitative estimate of drug-likeness (QED) is 0.0306. The van der Waals surface area contributed by atoms with Gasteiger partial charge in [-0.25, -0.2) is 14.8 Å². The average Bonchev–Trinajstić information content (AvgIpc) is 3.52. The predicted octanol–water partition coefficient (Wildman–Crippen LogP) is 7.99. The summed E-state index contributed by atoms with van der Waals surface area (Å²) in [7, 11) is 1.87. The standard InChI is InChI=1S/C37H35N3O5S/c1-4-8-26-11-16-28(17-12-26)32-21-20-31(23-29(32)24-38-40(3)37-39-33-9-6-7-10-34(33)46-37)45-36(42)22-15-27-13-18-30(19-14-27)43-25-44-35(41)5-2/h5-7,9-14,16-21,23-24H,2,4,8,15,22,25H2,1,3H3/b38-24+. The molecule has 4 aromatic carbocycles. The van der Waals surface area contributed by atoms with Crippen LogP contribution < -0.4 is 14.5 Å². The molecule has 0 aliphatic rings. The first-order valence-electron chi connectivity index (χ1n) is 15.0. The number of hydrogen-bond acceptors (Lipinski definition) is 9. The summed E-state index contributed by atoms with van der Waals surface area (Å²) in [4.78, 5) is 28.7. The fourth-order valence-electron chi connectivity index (χ4n) is 4.71. The van der Waals surface area contributed by atoms with Gasteiger partial charge in [0, 0.05) is 25.1 Å². The fraction of sp³-hybridized carbons (Fsp3) is 0.189. The number of anilines is 1. The van der Waals surface area contributed by atoms with Crippen LogP contribution in [0.4, 0.5) is 5.13 Å². The first kappa shape index (κ1) is 32.1. The van der Waals surface area contributed by atoms with Crippen LogP contribution in [0.25, 0.3) is 21.3 Å². The molecular formula is C37H35N3O5S. The summed E-state index contributed by atoms with van der Waals surface area (Å²) in [6.45, 7) is 5.31. The second-order valence-corrected chi connectivity index (χ2v) is 11.5. The fourth-order valence-corrected chi connectivity index (χ4v) is 5.59. The van der Waals surface area contributed by atoms with Crippen molar-refractivity contribution in [2.24, 2.45) is 5.10 Å². The topological polar surface area (TPSA) is 90.3 Å². The summed E-state index contributed by atoms with van der Waals surface area (Å²) in [6, 6.07) is 29.4. The molecule has 5 aromatic rings. The molecule has 0 atom stereocenters. The van der Waals surface area contributed by atoms with Gasteiger partial charge in [-0.3, -0.25) is 4.79 Å². The maximum Gasteiger partial charge on any atom is 0.333 e. The van der Waals surface area contributed by atoms with Crippen molar-refractivity contribution >= 4 is 44.8 Å². The number of benzene rings is 4. The number of hydrazone groups is 1. The Labute approximate surface area is 272 Å². The van der Waals surface area contributed by atoms with Gasteiger partial charge >= 0.3 is 11.9 Å². The normalized spacial score (nSPS) is 11.0. The highest BCUT2D eigenvalue weighted by atomic mass is 32.1. The summed E-state index contributed by atoms with van der Waals surface area (Å²) in [5.74, 6) is 0.0920. The first-order chi connectivity index (χ1) is 22.4. The van der Waals surface area contributed by atoms with Crippen molar-refractivity contribution in [3.05, 3.63) is 120 Å². The Balaban J connectivity index is 1.27. The Morgan fingerprint density at radius 3 is 2.39 bits per heavy atom. The SMILES string of the molecule is C=CC(=O)OCOc1ccc(CCC(=O)Oc2ccc(-c3ccc(CCC)cc3)c(/C=N/N(C)c3nc4ccccc4s3)c2)cc1. The van der Waals surface area contributed by atoms with Crippen molar-refractivity contribution in [1.82, 2.24) is 4.98 Å². The molecule has 0 bridgehead atoms. The summed E-state index contributed by atoms with van der Waals surface area (Å²) in [5.41, 5.74) is 6.01. The molecule has 0 spiro atoms. The molecule has 8 nitrogen and oxygen atoms in total. The van der Waals surface area contributed by atoms with E-state index in [4.69, 9.17) is 24.3 Å². The zero-order valence-electron chi connectivity index (χ0n) is 25.8. The van der Waals surface area contributed by atoms with E-state index < -0.39 is 5.97 Å². The van der Waals surface area contributed by atoms with Crippen LogP contribution in [0, 0.1) is 0 Å². The van der Waals surface area contributed by atoms with Crippen molar-refractivity contribution in [2.75, 3.05) is 18.8 Å². The average molecular weight is 634 g/mol. The second-order valence-electron chi connectivity index (χ2n) is 10.5. The Morgan fingerprint density at radius 2 is 1.65 bits per heavy atom. The first-order valence-corrected chi connectivity index (χ1v) is 15.8. The van der Waals surface area contributed by atoms with Crippen LogP contribution in [0.5, 0.6) is 11.5 Å². The molecule has 9 heteroatoms. The largest absolute Gasteiger partial charge is 0.457 e. The van der Waals surface area contributed by atoms with Gasteiger partial charge in [-0.1, -0.05) is 85.9 Å². The molecule has 1 aromatic heterocycles. The number of ether oxygens (including phenoxy) is 3. The van der Waals surface area contributed by atoms with E-state index in [0.29, 0.717) is 17.9 Å². The third kappa shape index (κ3) is 8.67. The van der Waals surface area contributed by atoms with Crippen molar-refractivity contribution in [1.29, 1.82) is 0 Å². The minimum Gasteiger partial charge on any atom is -0.457 e. The van der Waals surface area contributed by atoms with Crippen molar-refractivity contribution in [2.45, 2.75) is 32.6 Å². The van der Waals surface area contributed by atoms with Gasteiger partial charge in [0.1, 0.15) is 11.5 Å². The molecule has 0 aliphatic carbocycles. The lowest BCUT2D eigenvalue weighted by atomic mass is 9.98. The van der Waals surface area contributed by atoms with E-state index >= 15 is 0 Å². The van der Waals surface area contributed by atoms with Gasteiger partial charge in [0.2, 0.25) is 11.9 Å². The monoisotopic (exact) mass is 633 g/mol. The predicted molar refractivity (Wildman–Crippen MR) is 184 cm³/mol. The molecule has 0 unspecified atom stereocenters. The van der Waals surface area contributed by atoms with Crippen LogP contribution in [0.2, 0.25) is 0 Å². The van der Waals surface area contributed by atoms with E-state index in [-0.39, 0.29) is 19.2 Å². The van der Waals surface area contributed by atoms with E-state index in [1.54, 1.807) is 34.7 Å². The summed E-state index contributed by atoms with van der Waals surface area (Å²) in [5, 5.41) is 7.24. The number of fused-ring (bicyclic) bond motifs is 1. The zero-order valence-corrected chi connectivity index (χ0v) is 26.7. The van der Waals surface area contributed by atoms with Gasteiger partial charge in [-0.15, -0.1) is 0 Å². The molecule has 0 fully saturated rings. The minimum atomic E-state index is -0.554. The van der Waals surface area contributed by atoms with E-state index in [0.717, 1.165) is 56.5 Å². The van der Waals surface area contributed by atoms with Crippen LogP contribution >= 0.6 is 11.3 Å². The highest BCUT2D eigenvalue weighted by Gasteiger charge is 2.12. The molecule has 0 saturated carbocycles.